The maximum absolute atomic E-state index is 12.5. The van der Waals surface area contributed by atoms with E-state index in [-0.39, 0.29) is 12.5 Å². The van der Waals surface area contributed by atoms with Crippen molar-refractivity contribution in [3.63, 3.8) is 0 Å². The number of fused-ring (bicyclic) bond motifs is 1. The molecule has 0 unspecified atom stereocenters. The molecule has 3 rings (SSSR count). The molecule has 0 bridgehead atoms. The first kappa shape index (κ1) is 17.5. The van der Waals surface area contributed by atoms with Gasteiger partial charge >= 0.3 is 5.97 Å². The third kappa shape index (κ3) is 3.28. The molecule has 7 heteroatoms. The zero-order chi connectivity index (χ0) is 18.0. The summed E-state index contributed by atoms with van der Waals surface area (Å²) in [4.78, 5) is 31.0. The maximum atomic E-state index is 12.5. The van der Waals surface area contributed by atoms with Crippen LogP contribution >= 0.6 is 11.8 Å². The molecule has 0 saturated carbocycles. The van der Waals surface area contributed by atoms with E-state index in [1.165, 1.54) is 11.8 Å². The molecule has 132 valence electrons. The molecule has 6 nitrogen and oxygen atoms in total. The molecular weight excluding hydrogens is 340 g/mol. The van der Waals surface area contributed by atoms with Gasteiger partial charge in [-0.15, -0.1) is 0 Å². The molecule has 0 spiro atoms. The number of rotatable bonds is 5. The Hall–Kier alpha value is -2.28. The molecule has 0 N–H and O–H groups in total. The topological polar surface area (TPSA) is 68.2 Å². The Kier molecular flexibility index (Phi) is 5.13. The summed E-state index contributed by atoms with van der Waals surface area (Å²) in [7, 11) is 0. The van der Waals surface area contributed by atoms with E-state index in [0.29, 0.717) is 28.8 Å². The van der Waals surface area contributed by atoms with Crippen LogP contribution in [0.5, 0.6) is 5.75 Å². The van der Waals surface area contributed by atoms with E-state index in [1.807, 2.05) is 31.2 Å². The van der Waals surface area contributed by atoms with Crippen molar-refractivity contribution in [1.82, 2.24) is 4.90 Å². The average molecular weight is 360 g/mol. The summed E-state index contributed by atoms with van der Waals surface area (Å²) in [5, 5.41) is 0.634. The van der Waals surface area contributed by atoms with Gasteiger partial charge in [0.15, 0.2) is 5.17 Å². The highest BCUT2D eigenvalue weighted by atomic mass is 32.2. The lowest BCUT2D eigenvalue weighted by Crippen LogP contribution is -2.39. The minimum Gasteiger partial charge on any atom is -0.494 e. The normalized spacial score (nSPS) is 19.6. The van der Waals surface area contributed by atoms with E-state index in [1.54, 1.807) is 18.7 Å². The van der Waals surface area contributed by atoms with E-state index < -0.39 is 12.0 Å². The molecular formula is C18H20N2O4S. The summed E-state index contributed by atoms with van der Waals surface area (Å²) in [6.45, 7) is 6.30. The number of esters is 1. The van der Waals surface area contributed by atoms with Gasteiger partial charge in [-0.3, -0.25) is 9.69 Å². The number of hydrogen-bond donors (Lipinski definition) is 0. The molecule has 0 aliphatic carbocycles. The fourth-order valence-electron chi connectivity index (χ4n) is 2.94. The second-order valence-electron chi connectivity index (χ2n) is 5.57. The van der Waals surface area contributed by atoms with Gasteiger partial charge in [0.25, 0.3) is 0 Å². The molecule has 1 aromatic rings. The monoisotopic (exact) mass is 360 g/mol. The van der Waals surface area contributed by atoms with Crippen molar-refractivity contribution in [2.24, 2.45) is 4.99 Å². The number of ether oxygens (including phenoxy) is 2. The summed E-state index contributed by atoms with van der Waals surface area (Å²) in [6.07, 6.45) is 0. The molecule has 2 heterocycles. The number of carbonyl (C=O) groups is 2. The fraction of sp³-hybridized carbons (Fsp3) is 0.389. The van der Waals surface area contributed by atoms with Gasteiger partial charge < -0.3 is 9.47 Å². The van der Waals surface area contributed by atoms with Crippen LogP contribution in [-0.4, -0.2) is 40.9 Å². The number of benzene rings is 1. The molecule has 2 aliphatic heterocycles. The largest absolute Gasteiger partial charge is 0.494 e. The summed E-state index contributed by atoms with van der Waals surface area (Å²) < 4.78 is 10.7. The molecule has 0 aromatic heterocycles. The number of allylic oxidation sites excluding steroid dienone is 1. The highest BCUT2D eigenvalue weighted by Crippen LogP contribution is 2.41. The Labute approximate surface area is 150 Å². The Morgan fingerprint density at radius 2 is 2.00 bits per heavy atom. The molecule has 0 radical (unpaired) electrons. The standard InChI is InChI=1S/C18H20N2O4S/c1-4-23-13-8-6-12(7-9-13)16-15(17(22)24-5-2)11(3)19-18-20(16)14(21)10-25-18/h6-9,16H,4-5,10H2,1-3H3/t16-/m1/s1. The quantitative estimate of drug-likeness (QED) is 0.755. The number of thioether (sulfide) groups is 1. The van der Waals surface area contributed by atoms with Gasteiger partial charge in [0.05, 0.1) is 36.3 Å². The first-order valence-corrected chi connectivity index (χ1v) is 9.19. The summed E-state index contributed by atoms with van der Waals surface area (Å²) in [5.74, 6) is 0.579. The molecule has 1 atom stereocenters. The van der Waals surface area contributed by atoms with Crippen molar-refractivity contribution in [2.75, 3.05) is 19.0 Å². The van der Waals surface area contributed by atoms with Gasteiger partial charge in [-0.2, -0.15) is 0 Å². The van der Waals surface area contributed by atoms with Crippen LogP contribution in [-0.2, 0) is 14.3 Å². The summed E-state index contributed by atoms with van der Waals surface area (Å²) >= 11 is 1.39. The molecule has 1 amide bonds. The van der Waals surface area contributed by atoms with Gasteiger partial charge in [0.1, 0.15) is 5.75 Å². The lowest BCUT2D eigenvalue weighted by atomic mass is 9.94. The number of amidine groups is 1. The molecule has 2 aliphatic rings. The van der Waals surface area contributed by atoms with E-state index in [9.17, 15) is 9.59 Å². The van der Waals surface area contributed by atoms with Crippen molar-refractivity contribution in [3.8, 4) is 5.75 Å². The Balaban J connectivity index is 2.06. The van der Waals surface area contributed by atoms with E-state index in [2.05, 4.69) is 4.99 Å². The Bertz CT molecular complexity index is 755. The van der Waals surface area contributed by atoms with Gasteiger partial charge in [0.2, 0.25) is 5.91 Å². The van der Waals surface area contributed by atoms with Crippen molar-refractivity contribution in [1.29, 1.82) is 0 Å². The number of aliphatic imine (C=N–C) groups is 1. The average Bonchev–Trinajstić information content (AvgIpc) is 2.95. The second kappa shape index (κ2) is 7.31. The van der Waals surface area contributed by atoms with Crippen molar-refractivity contribution in [2.45, 2.75) is 26.8 Å². The van der Waals surface area contributed by atoms with Crippen molar-refractivity contribution in [3.05, 3.63) is 41.1 Å². The third-order valence-electron chi connectivity index (χ3n) is 3.99. The molecule has 1 aromatic carbocycles. The van der Waals surface area contributed by atoms with Gasteiger partial charge in [-0.25, -0.2) is 9.79 Å². The van der Waals surface area contributed by atoms with E-state index in [0.717, 1.165) is 11.3 Å². The minimum atomic E-state index is -0.523. The summed E-state index contributed by atoms with van der Waals surface area (Å²) in [5.41, 5.74) is 1.82. The Morgan fingerprint density at radius 1 is 1.28 bits per heavy atom. The SMILES string of the molecule is CCOC(=O)C1=C(C)N=C2SCC(=O)N2[C@@H]1c1ccc(OCC)cc1. The zero-order valence-electron chi connectivity index (χ0n) is 14.4. The first-order valence-electron chi connectivity index (χ1n) is 8.21. The predicted molar refractivity (Wildman–Crippen MR) is 96.4 cm³/mol. The van der Waals surface area contributed by atoms with Crippen LogP contribution in [0.15, 0.2) is 40.5 Å². The van der Waals surface area contributed by atoms with Gasteiger partial charge in [-0.1, -0.05) is 23.9 Å². The first-order chi connectivity index (χ1) is 12.1. The number of hydrogen-bond acceptors (Lipinski definition) is 6. The number of amides is 1. The minimum absolute atomic E-state index is 0.0584. The van der Waals surface area contributed by atoms with Gasteiger partial charge in [0, 0.05) is 0 Å². The third-order valence-corrected chi connectivity index (χ3v) is 4.92. The van der Waals surface area contributed by atoms with Crippen molar-refractivity contribution < 1.29 is 19.1 Å². The van der Waals surface area contributed by atoms with Crippen LogP contribution in [0.1, 0.15) is 32.4 Å². The lowest BCUT2D eigenvalue weighted by Gasteiger charge is -2.32. The van der Waals surface area contributed by atoms with Gasteiger partial charge in [-0.05, 0) is 38.5 Å². The van der Waals surface area contributed by atoms with E-state index in [4.69, 9.17) is 9.47 Å². The molecule has 1 saturated heterocycles. The van der Waals surface area contributed by atoms with E-state index >= 15 is 0 Å². The smallest absolute Gasteiger partial charge is 0.338 e. The zero-order valence-corrected chi connectivity index (χ0v) is 15.3. The summed E-state index contributed by atoms with van der Waals surface area (Å²) in [6, 6.07) is 6.92. The molecule has 25 heavy (non-hydrogen) atoms. The molecule has 1 fully saturated rings. The van der Waals surface area contributed by atoms with Crippen LogP contribution in [0.3, 0.4) is 0 Å². The number of carbonyl (C=O) groups excluding carboxylic acids is 2. The second-order valence-corrected chi connectivity index (χ2v) is 6.51. The highest BCUT2D eigenvalue weighted by molar-refractivity contribution is 8.15. The highest BCUT2D eigenvalue weighted by Gasteiger charge is 2.43. The van der Waals surface area contributed by atoms with Crippen LogP contribution in [0, 0.1) is 0 Å². The van der Waals surface area contributed by atoms with Crippen molar-refractivity contribution >= 4 is 28.8 Å². The lowest BCUT2D eigenvalue weighted by molar-refractivity contribution is -0.139. The van der Waals surface area contributed by atoms with Crippen LogP contribution in [0.2, 0.25) is 0 Å². The van der Waals surface area contributed by atoms with Crippen LogP contribution in [0.25, 0.3) is 0 Å². The van der Waals surface area contributed by atoms with Crippen LogP contribution in [0.4, 0.5) is 0 Å². The maximum Gasteiger partial charge on any atom is 0.338 e. The predicted octanol–water partition coefficient (Wildman–Crippen LogP) is 2.91. The fourth-order valence-corrected chi connectivity index (χ4v) is 3.88. The van der Waals surface area contributed by atoms with Crippen LogP contribution < -0.4 is 4.74 Å². The Morgan fingerprint density at radius 3 is 2.64 bits per heavy atom. The number of nitrogens with zero attached hydrogens (tertiary/aromatic N) is 2.